The topological polar surface area (TPSA) is 128 Å². The van der Waals surface area contributed by atoms with Crippen molar-refractivity contribution in [2.24, 2.45) is 5.92 Å². The number of fused-ring (bicyclic) bond motifs is 1. The highest BCUT2D eigenvalue weighted by molar-refractivity contribution is 6.58. The summed E-state index contributed by atoms with van der Waals surface area (Å²) < 4.78 is 10.7. The summed E-state index contributed by atoms with van der Waals surface area (Å²) >= 11 is 0. The van der Waals surface area contributed by atoms with E-state index in [1.54, 1.807) is 30.3 Å². The third-order valence-electron chi connectivity index (χ3n) is 5.02. The highest BCUT2D eigenvalue weighted by Gasteiger charge is 2.21. The molecule has 0 amide bonds. The van der Waals surface area contributed by atoms with Crippen LogP contribution in [0.5, 0.6) is 11.6 Å². The van der Waals surface area contributed by atoms with Crippen LogP contribution in [0.2, 0.25) is 0 Å². The molecule has 1 aromatic heterocycles. The Kier molecular flexibility index (Phi) is 5.33. The van der Waals surface area contributed by atoms with Crippen LogP contribution in [-0.4, -0.2) is 40.4 Å². The Morgan fingerprint density at radius 3 is 2.72 bits per heavy atom. The van der Waals surface area contributed by atoms with Crippen molar-refractivity contribution in [3.05, 3.63) is 36.4 Å². The van der Waals surface area contributed by atoms with Gasteiger partial charge in [0.1, 0.15) is 11.4 Å². The molecule has 0 unspecified atom stereocenters. The van der Waals surface area contributed by atoms with Gasteiger partial charge in [-0.25, -0.2) is 0 Å². The Balaban J connectivity index is 1.72. The lowest BCUT2D eigenvalue weighted by molar-refractivity contribution is -0.120. The Labute approximate surface area is 167 Å². The first-order valence-electron chi connectivity index (χ1n) is 9.36. The number of rotatable bonds is 8. The predicted octanol–water partition coefficient (Wildman–Crippen LogP) is 1.27. The quantitative estimate of drug-likeness (QED) is 0.386. The van der Waals surface area contributed by atoms with Gasteiger partial charge >= 0.3 is 7.12 Å². The van der Waals surface area contributed by atoms with Gasteiger partial charge in [-0.15, -0.1) is 10.2 Å². The maximum Gasteiger partial charge on any atom is 0.488 e. The van der Waals surface area contributed by atoms with Gasteiger partial charge in [-0.3, -0.25) is 4.79 Å². The molecule has 29 heavy (non-hydrogen) atoms. The number of ether oxygens (including phenoxy) is 2. The molecule has 0 atom stereocenters. The van der Waals surface area contributed by atoms with Crippen molar-refractivity contribution in [1.29, 1.82) is 0 Å². The van der Waals surface area contributed by atoms with E-state index in [9.17, 15) is 14.8 Å². The zero-order valence-electron chi connectivity index (χ0n) is 15.6. The molecule has 1 aliphatic rings. The van der Waals surface area contributed by atoms with Gasteiger partial charge in [0, 0.05) is 10.9 Å². The van der Waals surface area contributed by atoms with Crippen LogP contribution in [0.1, 0.15) is 19.3 Å². The maximum absolute atomic E-state index is 10.6. The monoisotopic (exact) mass is 393 g/mol. The van der Waals surface area contributed by atoms with Crippen LogP contribution in [0.3, 0.4) is 0 Å². The molecule has 4 N–H and O–H groups in total. The second kappa shape index (κ2) is 8.06. The van der Waals surface area contributed by atoms with E-state index in [2.05, 4.69) is 10.2 Å². The molecule has 1 fully saturated rings. The zero-order valence-corrected chi connectivity index (χ0v) is 15.6. The normalized spacial score (nSPS) is 13.3. The summed E-state index contributed by atoms with van der Waals surface area (Å²) in [5.74, 6) is 1.35. The molecule has 8 nitrogen and oxygen atoms in total. The number of hydrogen-bond donors (Lipinski definition) is 3. The lowest BCUT2D eigenvalue weighted by Gasteiger charge is -2.14. The Morgan fingerprint density at radius 2 is 2.00 bits per heavy atom. The Hall–Kier alpha value is -3.17. The van der Waals surface area contributed by atoms with Crippen molar-refractivity contribution in [1.82, 2.24) is 10.2 Å². The predicted molar refractivity (Wildman–Crippen MR) is 109 cm³/mol. The molecule has 0 radical (unpaired) electrons. The fourth-order valence-electron chi connectivity index (χ4n) is 3.21. The summed E-state index contributed by atoms with van der Waals surface area (Å²) in [5.41, 5.74) is 8.57. The highest BCUT2D eigenvalue weighted by atomic mass is 16.5. The zero-order chi connectivity index (χ0) is 20.4. The van der Waals surface area contributed by atoms with Crippen LogP contribution in [0.25, 0.3) is 22.0 Å². The molecule has 0 aliphatic heterocycles. The molecule has 0 saturated heterocycles. The van der Waals surface area contributed by atoms with Crippen LogP contribution in [-0.2, 0) is 4.79 Å². The average molecular weight is 393 g/mol. The number of aromatic nitrogens is 2. The van der Waals surface area contributed by atoms with E-state index in [-0.39, 0.29) is 18.0 Å². The SMILES string of the molecule is Nc1c(OC=O)nnc2cc(-c3cc(B(O)O)ccc3OCCC3CC3)ccc12. The molecule has 4 rings (SSSR count). The van der Waals surface area contributed by atoms with E-state index in [0.717, 1.165) is 17.9 Å². The second-order valence-electron chi connectivity index (χ2n) is 7.07. The molecule has 1 heterocycles. The van der Waals surface area contributed by atoms with Crippen LogP contribution < -0.4 is 20.7 Å². The lowest BCUT2D eigenvalue weighted by atomic mass is 9.79. The summed E-state index contributed by atoms with van der Waals surface area (Å²) in [4.78, 5) is 10.6. The fraction of sp³-hybridized carbons (Fsp3) is 0.250. The van der Waals surface area contributed by atoms with Crippen molar-refractivity contribution in [3.8, 4) is 22.8 Å². The summed E-state index contributed by atoms with van der Waals surface area (Å²) in [6.07, 6.45) is 3.52. The van der Waals surface area contributed by atoms with Crippen molar-refractivity contribution in [2.45, 2.75) is 19.3 Å². The standard InChI is InChI=1S/C20H20BN3O5/c22-19-15-5-3-13(9-17(15)23-24-20(19)29-11-25)16-10-14(21(26)27)4-6-18(16)28-8-7-12-1-2-12/h3-6,9-12,26-27H,1-2,7-8H2,(H2,22,23). The summed E-state index contributed by atoms with van der Waals surface area (Å²) in [6, 6.07) is 10.4. The Morgan fingerprint density at radius 1 is 1.17 bits per heavy atom. The molecule has 0 spiro atoms. The van der Waals surface area contributed by atoms with E-state index in [1.165, 1.54) is 12.8 Å². The van der Waals surface area contributed by atoms with Gasteiger partial charge in [0.2, 0.25) is 0 Å². The molecule has 2 aromatic carbocycles. The van der Waals surface area contributed by atoms with Crippen LogP contribution in [0, 0.1) is 5.92 Å². The highest BCUT2D eigenvalue weighted by Crippen LogP contribution is 2.35. The third kappa shape index (κ3) is 4.15. The number of carbonyl (C=O) groups is 1. The molecule has 148 valence electrons. The first-order chi connectivity index (χ1) is 14.1. The number of carbonyl (C=O) groups excluding carboxylic acids is 1. The minimum atomic E-state index is -1.59. The number of nitrogens with zero attached hydrogens (tertiary/aromatic N) is 2. The van der Waals surface area contributed by atoms with Gasteiger partial charge < -0.3 is 25.3 Å². The molecular weight excluding hydrogens is 373 g/mol. The van der Waals surface area contributed by atoms with Crippen molar-refractivity contribution >= 4 is 35.6 Å². The van der Waals surface area contributed by atoms with E-state index in [4.69, 9.17) is 15.2 Å². The number of nitrogen functional groups attached to an aromatic ring is 1. The maximum atomic E-state index is 10.6. The smallest absolute Gasteiger partial charge is 0.488 e. The lowest BCUT2D eigenvalue weighted by Crippen LogP contribution is -2.29. The first kappa shape index (κ1) is 19.2. The van der Waals surface area contributed by atoms with Crippen LogP contribution in [0.4, 0.5) is 5.69 Å². The molecule has 1 aliphatic carbocycles. The molecule has 3 aromatic rings. The molecular formula is C20H20BN3O5. The summed E-state index contributed by atoms with van der Waals surface area (Å²) in [5, 5.41) is 27.6. The van der Waals surface area contributed by atoms with Crippen LogP contribution in [0.15, 0.2) is 36.4 Å². The van der Waals surface area contributed by atoms with Gasteiger partial charge in [-0.05, 0) is 41.6 Å². The first-order valence-corrected chi connectivity index (χ1v) is 9.36. The van der Waals surface area contributed by atoms with Gasteiger partial charge in [-0.2, -0.15) is 0 Å². The van der Waals surface area contributed by atoms with E-state index in [1.807, 2.05) is 6.07 Å². The second-order valence-corrected chi connectivity index (χ2v) is 7.07. The summed E-state index contributed by atoms with van der Waals surface area (Å²) in [7, 11) is -1.59. The number of nitrogens with two attached hydrogens (primary N) is 1. The van der Waals surface area contributed by atoms with Gasteiger partial charge in [0.25, 0.3) is 12.4 Å². The number of hydrogen-bond acceptors (Lipinski definition) is 8. The van der Waals surface area contributed by atoms with E-state index in [0.29, 0.717) is 34.3 Å². The Bertz CT molecular complexity index is 1060. The van der Waals surface area contributed by atoms with E-state index < -0.39 is 7.12 Å². The van der Waals surface area contributed by atoms with Gasteiger partial charge in [-0.1, -0.05) is 31.0 Å². The minimum absolute atomic E-state index is 0.0465. The van der Waals surface area contributed by atoms with E-state index >= 15 is 0 Å². The van der Waals surface area contributed by atoms with Gasteiger partial charge in [0.15, 0.2) is 0 Å². The minimum Gasteiger partial charge on any atom is -0.493 e. The van der Waals surface area contributed by atoms with Gasteiger partial charge in [0.05, 0.1) is 12.1 Å². The van der Waals surface area contributed by atoms with Crippen molar-refractivity contribution < 1.29 is 24.3 Å². The number of anilines is 1. The largest absolute Gasteiger partial charge is 0.493 e. The van der Waals surface area contributed by atoms with Crippen molar-refractivity contribution in [3.63, 3.8) is 0 Å². The molecule has 1 saturated carbocycles. The van der Waals surface area contributed by atoms with Crippen molar-refractivity contribution in [2.75, 3.05) is 12.3 Å². The third-order valence-corrected chi connectivity index (χ3v) is 5.02. The van der Waals surface area contributed by atoms with Crippen LogP contribution >= 0.6 is 0 Å². The fourth-order valence-corrected chi connectivity index (χ4v) is 3.21. The molecule has 0 bridgehead atoms. The average Bonchev–Trinajstić information content (AvgIpc) is 3.54. The molecule has 9 heteroatoms. The summed E-state index contributed by atoms with van der Waals surface area (Å²) in [6.45, 7) is 0.850. The number of benzene rings is 2.